The average molecular weight is 354 g/mol. The summed E-state index contributed by atoms with van der Waals surface area (Å²) in [6.45, 7) is 5.71. The van der Waals surface area contributed by atoms with E-state index in [1.807, 2.05) is 0 Å². The molecule has 24 heavy (non-hydrogen) atoms. The number of aromatic nitrogens is 2. The number of piperazine rings is 1. The SMILES string of the molecule is Cc1nc(CN2CCN(S(=O)(=O)c3cc(F)ccc3C)CC2)no1. The van der Waals surface area contributed by atoms with E-state index in [2.05, 4.69) is 15.0 Å². The van der Waals surface area contributed by atoms with Gasteiger partial charge in [0.1, 0.15) is 5.82 Å². The van der Waals surface area contributed by atoms with Gasteiger partial charge in [-0.25, -0.2) is 12.8 Å². The lowest BCUT2D eigenvalue weighted by atomic mass is 10.2. The van der Waals surface area contributed by atoms with Crippen molar-refractivity contribution >= 4 is 10.0 Å². The smallest absolute Gasteiger partial charge is 0.243 e. The Hall–Kier alpha value is -1.84. The summed E-state index contributed by atoms with van der Waals surface area (Å²) in [4.78, 5) is 6.24. The maximum Gasteiger partial charge on any atom is 0.243 e. The van der Waals surface area contributed by atoms with Crippen LogP contribution < -0.4 is 0 Å². The second-order valence-electron chi connectivity index (χ2n) is 5.82. The molecule has 1 aromatic heterocycles. The van der Waals surface area contributed by atoms with E-state index >= 15 is 0 Å². The van der Waals surface area contributed by atoms with E-state index in [0.29, 0.717) is 50.0 Å². The lowest BCUT2D eigenvalue weighted by Crippen LogP contribution is -2.48. The Kier molecular flexibility index (Phi) is 4.66. The molecular weight excluding hydrogens is 335 g/mol. The summed E-state index contributed by atoms with van der Waals surface area (Å²) in [6, 6.07) is 3.83. The van der Waals surface area contributed by atoms with Crippen molar-refractivity contribution in [2.45, 2.75) is 25.3 Å². The molecule has 0 saturated carbocycles. The fourth-order valence-corrected chi connectivity index (χ4v) is 4.38. The Bertz CT molecular complexity index is 829. The first kappa shape index (κ1) is 17.0. The van der Waals surface area contributed by atoms with E-state index in [9.17, 15) is 12.8 Å². The monoisotopic (exact) mass is 354 g/mol. The Morgan fingerprint density at radius 1 is 1.21 bits per heavy atom. The van der Waals surface area contributed by atoms with Gasteiger partial charge in [0, 0.05) is 33.1 Å². The Labute approximate surface area is 140 Å². The molecule has 0 aliphatic carbocycles. The normalized spacial score (nSPS) is 17.3. The minimum absolute atomic E-state index is 0.0322. The van der Waals surface area contributed by atoms with Crippen LogP contribution in [0.15, 0.2) is 27.6 Å². The van der Waals surface area contributed by atoms with Gasteiger partial charge in [-0.15, -0.1) is 0 Å². The summed E-state index contributed by atoms with van der Waals surface area (Å²) in [7, 11) is -3.69. The highest BCUT2D eigenvalue weighted by molar-refractivity contribution is 7.89. The number of sulfonamides is 1. The predicted molar refractivity (Wildman–Crippen MR) is 84.2 cm³/mol. The summed E-state index contributed by atoms with van der Waals surface area (Å²) in [5.74, 6) is 0.544. The molecule has 1 fully saturated rings. The van der Waals surface area contributed by atoms with Crippen molar-refractivity contribution in [3.8, 4) is 0 Å². The molecule has 7 nitrogen and oxygen atoms in total. The van der Waals surface area contributed by atoms with Crippen LogP contribution in [0.25, 0.3) is 0 Å². The Morgan fingerprint density at radius 3 is 2.54 bits per heavy atom. The number of aryl methyl sites for hydroxylation is 2. The van der Waals surface area contributed by atoms with E-state index in [-0.39, 0.29) is 4.90 Å². The molecule has 0 unspecified atom stereocenters. The van der Waals surface area contributed by atoms with Gasteiger partial charge >= 0.3 is 0 Å². The number of rotatable bonds is 4. The van der Waals surface area contributed by atoms with Crippen LogP contribution in [0.4, 0.5) is 4.39 Å². The second kappa shape index (κ2) is 6.58. The quantitative estimate of drug-likeness (QED) is 0.824. The van der Waals surface area contributed by atoms with Gasteiger partial charge < -0.3 is 4.52 Å². The summed E-state index contributed by atoms with van der Waals surface area (Å²) >= 11 is 0. The fraction of sp³-hybridized carbons (Fsp3) is 0.467. The molecule has 9 heteroatoms. The van der Waals surface area contributed by atoms with Gasteiger partial charge in [-0.05, 0) is 24.6 Å². The fourth-order valence-electron chi connectivity index (χ4n) is 2.72. The van der Waals surface area contributed by atoms with Crippen molar-refractivity contribution in [2.75, 3.05) is 26.2 Å². The number of hydrogen-bond acceptors (Lipinski definition) is 6. The van der Waals surface area contributed by atoms with Gasteiger partial charge in [0.2, 0.25) is 15.9 Å². The third-order valence-corrected chi connectivity index (χ3v) is 6.07. The van der Waals surface area contributed by atoms with Gasteiger partial charge in [0.05, 0.1) is 11.4 Å². The molecule has 0 N–H and O–H groups in total. The van der Waals surface area contributed by atoms with Crippen LogP contribution in [-0.4, -0.2) is 53.9 Å². The topological polar surface area (TPSA) is 79.5 Å². The lowest BCUT2D eigenvalue weighted by molar-refractivity contribution is 0.176. The molecule has 1 aliphatic heterocycles. The van der Waals surface area contributed by atoms with Gasteiger partial charge in [0.25, 0.3) is 0 Å². The van der Waals surface area contributed by atoms with Crippen molar-refractivity contribution in [3.05, 3.63) is 41.3 Å². The van der Waals surface area contributed by atoms with Crippen molar-refractivity contribution < 1.29 is 17.3 Å². The summed E-state index contributed by atoms with van der Waals surface area (Å²) in [5.41, 5.74) is 0.543. The number of hydrogen-bond donors (Lipinski definition) is 0. The van der Waals surface area contributed by atoms with Crippen molar-refractivity contribution in [3.63, 3.8) is 0 Å². The highest BCUT2D eigenvalue weighted by atomic mass is 32.2. The van der Waals surface area contributed by atoms with E-state index in [4.69, 9.17) is 4.52 Å². The first-order valence-corrected chi connectivity index (χ1v) is 9.08. The molecular formula is C15H19FN4O3S. The summed E-state index contributed by atoms with van der Waals surface area (Å²) in [6.07, 6.45) is 0. The highest BCUT2D eigenvalue weighted by Gasteiger charge is 2.30. The molecule has 1 aliphatic rings. The zero-order valence-electron chi connectivity index (χ0n) is 13.6. The van der Waals surface area contributed by atoms with Crippen LogP contribution >= 0.6 is 0 Å². The van der Waals surface area contributed by atoms with Crippen molar-refractivity contribution in [1.29, 1.82) is 0 Å². The largest absolute Gasteiger partial charge is 0.340 e. The Morgan fingerprint density at radius 2 is 1.92 bits per heavy atom. The highest BCUT2D eigenvalue weighted by Crippen LogP contribution is 2.22. The molecule has 0 spiro atoms. The van der Waals surface area contributed by atoms with Crippen LogP contribution in [-0.2, 0) is 16.6 Å². The molecule has 3 rings (SSSR count). The first-order valence-electron chi connectivity index (χ1n) is 7.64. The summed E-state index contributed by atoms with van der Waals surface area (Å²) in [5, 5.41) is 3.85. The molecule has 0 atom stereocenters. The summed E-state index contributed by atoms with van der Waals surface area (Å²) < 4.78 is 45.2. The molecule has 130 valence electrons. The molecule has 0 radical (unpaired) electrons. The lowest BCUT2D eigenvalue weighted by Gasteiger charge is -2.33. The van der Waals surface area contributed by atoms with Crippen LogP contribution in [0.3, 0.4) is 0 Å². The third kappa shape index (κ3) is 3.47. The zero-order chi connectivity index (χ0) is 17.3. The minimum atomic E-state index is -3.69. The molecule has 0 bridgehead atoms. The number of halogens is 1. The first-order chi connectivity index (χ1) is 11.4. The maximum absolute atomic E-state index is 13.4. The molecule has 0 amide bonds. The molecule has 2 heterocycles. The molecule has 2 aromatic rings. The third-order valence-electron chi connectivity index (χ3n) is 4.03. The van der Waals surface area contributed by atoms with Crippen LogP contribution in [0.5, 0.6) is 0 Å². The second-order valence-corrected chi connectivity index (χ2v) is 7.73. The predicted octanol–water partition coefficient (Wildman–Crippen LogP) is 1.33. The maximum atomic E-state index is 13.4. The van der Waals surface area contributed by atoms with Crippen LogP contribution in [0.1, 0.15) is 17.3 Å². The van der Waals surface area contributed by atoms with Gasteiger partial charge in [-0.1, -0.05) is 11.2 Å². The van der Waals surface area contributed by atoms with Crippen LogP contribution in [0.2, 0.25) is 0 Å². The molecule has 1 saturated heterocycles. The Balaban J connectivity index is 1.68. The zero-order valence-corrected chi connectivity index (χ0v) is 14.4. The van der Waals surface area contributed by atoms with E-state index in [1.165, 1.54) is 16.4 Å². The van der Waals surface area contributed by atoms with Gasteiger partial charge in [-0.3, -0.25) is 4.90 Å². The van der Waals surface area contributed by atoms with Crippen molar-refractivity contribution in [1.82, 2.24) is 19.3 Å². The van der Waals surface area contributed by atoms with Gasteiger partial charge in [0.15, 0.2) is 5.82 Å². The molecule has 1 aromatic carbocycles. The number of benzene rings is 1. The van der Waals surface area contributed by atoms with Crippen LogP contribution in [0, 0.1) is 19.7 Å². The van der Waals surface area contributed by atoms with E-state index < -0.39 is 15.8 Å². The standard InChI is InChI=1S/C15H19FN4O3S/c1-11-3-4-13(16)9-14(11)24(21,22)20-7-5-19(6-8-20)10-15-17-12(2)23-18-15/h3-4,9H,5-8,10H2,1-2H3. The van der Waals surface area contributed by atoms with E-state index in [1.54, 1.807) is 13.8 Å². The number of nitrogens with zero attached hydrogens (tertiary/aromatic N) is 4. The van der Waals surface area contributed by atoms with E-state index in [0.717, 1.165) is 6.07 Å². The average Bonchev–Trinajstić information content (AvgIpc) is 2.95. The van der Waals surface area contributed by atoms with Gasteiger partial charge in [-0.2, -0.15) is 9.29 Å². The minimum Gasteiger partial charge on any atom is -0.340 e. The van der Waals surface area contributed by atoms with Crippen molar-refractivity contribution in [2.24, 2.45) is 0 Å².